The van der Waals surface area contributed by atoms with Crippen LogP contribution >= 0.6 is 0 Å². The van der Waals surface area contributed by atoms with Crippen molar-refractivity contribution in [3.8, 4) is 11.3 Å². The van der Waals surface area contributed by atoms with E-state index in [-0.39, 0.29) is 0 Å². The van der Waals surface area contributed by atoms with Gasteiger partial charge in [0.25, 0.3) is 0 Å². The maximum atomic E-state index is 12.1. The van der Waals surface area contributed by atoms with E-state index in [0.717, 1.165) is 16.3 Å². The summed E-state index contributed by atoms with van der Waals surface area (Å²) in [5.74, 6) is 0.0653. The van der Waals surface area contributed by atoms with Crippen LogP contribution in [0.2, 0.25) is 0 Å². The summed E-state index contributed by atoms with van der Waals surface area (Å²) in [6.45, 7) is 3.81. The van der Waals surface area contributed by atoms with E-state index in [9.17, 15) is 4.79 Å². The second kappa shape index (κ2) is 5.40. The number of ether oxygens (including phenoxy) is 1. The zero-order chi connectivity index (χ0) is 14.8. The Morgan fingerprint density at radius 2 is 1.95 bits per heavy atom. The fourth-order valence-corrected chi connectivity index (χ4v) is 2.43. The molecule has 0 aliphatic heterocycles. The zero-order valence-corrected chi connectivity index (χ0v) is 11.9. The lowest BCUT2D eigenvalue weighted by molar-refractivity contribution is 0.0525. The SMILES string of the molecule is CCOC(=O)c1c(-c2cccc3ccccc23)noc1C. The Kier molecular flexibility index (Phi) is 3.44. The van der Waals surface area contributed by atoms with Crippen molar-refractivity contribution < 1.29 is 14.1 Å². The molecule has 0 spiro atoms. The van der Waals surface area contributed by atoms with Gasteiger partial charge in [-0.25, -0.2) is 4.79 Å². The molecule has 0 saturated heterocycles. The van der Waals surface area contributed by atoms with Crippen LogP contribution in [0.5, 0.6) is 0 Å². The molecule has 0 radical (unpaired) electrons. The van der Waals surface area contributed by atoms with Crippen molar-refractivity contribution in [2.24, 2.45) is 0 Å². The quantitative estimate of drug-likeness (QED) is 0.681. The Labute approximate surface area is 122 Å². The average molecular weight is 281 g/mol. The highest BCUT2D eigenvalue weighted by Crippen LogP contribution is 2.31. The van der Waals surface area contributed by atoms with Crippen molar-refractivity contribution in [1.82, 2.24) is 5.16 Å². The first-order valence-electron chi connectivity index (χ1n) is 6.84. The number of carbonyl (C=O) groups is 1. The Hall–Kier alpha value is -2.62. The third kappa shape index (κ3) is 2.29. The maximum Gasteiger partial charge on any atom is 0.344 e. The van der Waals surface area contributed by atoms with E-state index >= 15 is 0 Å². The van der Waals surface area contributed by atoms with Crippen LogP contribution < -0.4 is 0 Å². The standard InChI is InChI=1S/C17H15NO3/c1-3-20-17(19)15-11(2)21-18-16(15)14-10-6-8-12-7-4-5-9-13(12)14/h4-10H,3H2,1-2H3. The third-order valence-corrected chi connectivity index (χ3v) is 3.39. The summed E-state index contributed by atoms with van der Waals surface area (Å²) in [4.78, 5) is 12.1. The summed E-state index contributed by atoms with van der Waals surface area (Å²) in [6.07, 6.45) is 0. The molecule has 2 aromatic carbocycles. The molecule has 0 unspecified atom stereocenters. The first-order valence-corrected chi connectivity index (χ1v) is 6.84. The molecular formula is C17H15NO3. The number of aromatic nitrogens is 1. The number of hydrogen-bond donors (Lipinski definition) is 0. The number of carbonyl (C=O) groups excluding carboxylic acids is 1. The van der Waals surface area contributed by atoms with Crippen molar-refractivity contribution >= 4 is 16.7 Å². The molecule has 21 heavy (non-hydrogen) atoms. The van der Waals surface area contributed by atoms with Crippen LogP contribution in [-0.2, 0) is 4.74 Å². The molecule has 4 nitrogen and oxygen atoms in total. The van der Waals surface area contributed by atoms with Crippen LogP contribution in [0.3, 0.4) is 0 Å². The normalized spacial score (nSPS) is 10.8. The molecule has 1 heterocycles. The van der Waals surface area contributed by atoms with Gasteiger partial charge in [0.2, 0.25) is 0 Å². The van der Waals surface area contributed by atoms with Gasteiger partial charge in [0.05, 0.1) is 6.61 Å². The maximum absolute atomic E-state index is 12.1. The monoisotopic (exact) mass is 281 g/mol. The molecule has 0 aliphatic rings. The second-order valence-corrected chi connectivity index (χ2v) is 4.71. The van der Waals surface area contributed by atoms with Gasteiger partial charge in [0.1, 0.15) is 17.0 Å². The van der Waals surface area contributed by atoms with Gasteiger partial charge < -0.3 is 9.26 Å². The smallest absolute Gasteiger partial charge is 0.344 e. The molecule has 0 N–H and O–H groups in total. The molecule has 0 atom stereocenters. The van der Waals surface area contributed by atoms with Gasteiger partial charge >= 0.3 is 5.97 Å². The number of hydrogen-bond acceptors (Lipinski definition) is 4. The molecule has 0 amide bonds. The van der Waals surface area contributed by atoms with Crippen LogP contribution in [0, 0.1) is 6.92 Å². The van der Waals surface area contributed by atoms with Gasteiger partial charge in [-0.3, -0.25) is 0 Å². The van der Waals surface area contributed by atoms with E-state index in [1.54, 1.807) is 13.8 Å². The lowest BCUT2D eigenvalue weighted by atomic mass is 9.99. The Balaban J connectivity index is 2.22. The second-order valence-electron chi connectivity index (χ2n) is 4.71. The average Bonchev–Trinajstić information content (AvgIpc) is 2.88. The molecule has 0 fully saturated rings. The van der Waals surface area contributed by atoms with Crippen LogP contribution in [0.1, 0.15) is 23.0 Å². The lowest BCUT2D eigenvalue weighted by Crippen LogP contribution is -2.06. The Bertz CT molecular complexity index is 799. The predicted octanol–water partition coefficient (Wildman–Crippen LogP) is 3.98. The van der Waals surface area contributed by atoms with Gasteiger partial charge in [-0.05, 0) is 24.6 Å². The van der Waals surface area contributed by atoms with E-state index in [1.165, 1.54) is 0 Å². The summed E-state index contributed by atoms with van der Waals surface area (Å²) in [5, 5.41) is 6.18. The van der Waals surface area contributed by atoms with E-state index in [0.29, 0.717) is 23.6 Å². The molecule has 106 valence electrons. The number of rotatable bonds is 3. The summed E-state index contributed by atoms with van der Waals surface area (Å²) in [5.41, 5.74) is 1.80. The molecule has 1 aromatic heterocycles. The van der Waals surface area contributed by atoms with Crippen LogP contribution in [0.4, 0.5) is 0 Å². The van der Waals surface area contributed by atoms with Gasteiger partial charge in [-0.15, -0.1) is 0 Å². The van der Waals surface area contributed by atoms with E-state index < -0.39 is 5.97 Å². The van der Waals surface area contributed by atoms with Gasteiger partial charge in [-0.1, -0.05) is 47.6 Å². The molecule has 0 bridgehead atoms. The van der Waals surface area contributed by atoms with Crippen LogP contribution in [0.25, 0.3) is 22.0 Å². The van der Waals surface area contributed by atoms with Crippen molar-refractivity contribution in [2.45, 2.75) is 13.8 Å². The summed E-state index contributed by atoms with van der Waals surface area (Å²) in [6, 6.07) is 13.9. The lowest BCUT2D eigenvalue weighted by Gasteiger charge is -2.06. The summed E-state index contributed by atoms with van der Waals surface area (Å²) in [7, 11) is 0. The van der Waals surface area contributed by atoms with Gasteiger partial charge in [-0.2, -0.15) is 0 Å². The Morgan fingerprint density at radius 3 is 2.76 bits per heavy atom. The molecule has 0 aliphatic carbocycles. The van der Waals surface area contributed by atoms with Gasteiger partial charge in [0, 0.05) is 5.56 Å². The third-order valence-electron chi connectivity index (χ3n) is 3.39. The number of benzene rings is 2. The highest BCUT2D eigenvalue weighted by molar-refractivity contribution is 6.03. The first-order chi connectivity index (χ1) is 10.2. The van der Waals surface area contributed by atoms with Gasteiger partial charge in [0.15, 0.2) is 0 Å². The zero-order valence-electron chi connectivity index (χ0n) is 11.9. The highest BCUT2D eigenvalue weighted by Gasteiger charge is 2.23. The van der Waals surface area contributed by atoms with Crippen molar-refractivity contribution in [3.05, 3.63) is 53.8 Å². The number of esters is 1. The topological polar surface area (TPSA) is 52.3 Å². The highest BCUT2D eigenvalue weighted by atomic mass is 16.5. The number of nitrogens with zero attached hydrogens (tertiary/aromatic N) is 1. The van der Waals surface area contributed by atoms with Crippen molar-refractivity contribution in [1.29, 1.82) is 0 Å². The minimum atomic E-state index is -0.404. The van der Waals surface area contributed by atoms with E-state index in [2.05, 4.69) is 5.16 Å². The van der Waals surface area contributed by atoms with Crippen molar-refractivity contribution in [2.75, 3.05) is 6.61 Å². The minimum absolute atomic E-state index is 0.318. The molecule has 3 aromatic rings. The number of fused-ring (bicyclic) bond motifs is 1. The largest absolute Gasteiger partial charge is 0.462 e. The van der Waals surface area contributed by atoms with Crippen LogP contribution in [-0.4, -0.2) is 17.7 Å². The molecule has 0 saturated carbocycles. The van der Waals surface area contributed by atoms with E-state index in [1.807, 2.05) is 42.5 Å². The molecular weight excluding hydrogens is 266 g/mol. The van der Waals surface area contributed by atoms with E-state index in [4.69, 9.17) is 9.26 Å². The predicted molar refractivity (Wildman–Crippen MR) is 80.1 cm³/mol. The fourth-order valence-electron chi connectivity index (χ4n) is 2.43. The summed E-state index contributed by atoms with van der Waals surface area (Å²) < 4.78 is 10.3. The summed E-state index contributed by atoms with van der Waals surface area (Å²) >= 11 is 0. The van der Waals surface area contributed by atoms with Crippen LogP contribution in [0.15, 0.2) is 47.0 Å². The number of aryl methyl sites for hydroxylation is 1. The minimum Gasteiger partial charge on any atom is -0.462 e. The Morgan fingerprint density at radius 1 is 1.19 bits per heavy atom. The molecule has 4 heteroatoms. The van der Waals surface area contributed by atoms with Crippen molar-refractivity contribution in [3.63, 3.8) is 0 Å². The first kappa shape index (κ1) is 13.4. The molecule has 3 rings (SSSR count). The fraction of sp³-hybridized carbons (Fsp3) is 0.176.